The lowest BCUT2D eigenvalue weighted by atomic mass is 10.1. The summed E-state index contributed by atoms with van der Waals surface area (Å²) < 4.78 is 26.3. The quantitative estimate of drug-likeness (QED) is 0.639. The van der Waals surface area contributed by atoms with Gasteiger partial charge in [0.2, 0.25) is 0 Å². The smallest absolute Gasteiger partial charge is 0.161 e. The minimum atomic E-state index is -0.376. The predicted octanol–water partition coefficient (Wildman–Crippen LogP) is 4.74. The fourth-order valence-electron chi connectivity index (χ4n) is 1.94. The van der Waals surface area contributed by atoms with E-state index in [-0.39, 0.29) is 16.8 Å². The Bertz CT molecular complexity index is 789. The highest BCUT2D eigenvalue weighted by Crippen LogP contribution is 2.24. The van der Waals surface area contributed by atoms with Crippen LogP contribution in [0.15, 0.2) is 54.6 Å². The molecule has 1 heterocycles. The van der Waals surface area contributed by atoms with Gasteiger partial charge in [-0.25, -0.2) is 18.7 Å². The largest absolute Gasteiger partial charge is 0.228 e. The highest BCUT2D eigenvalue weighted by molar-refractivity contribution is 6.29. The first kappa shape index (κ1) is 13.6. The van der Waals surface area contributed by atoms with Gasteiger partial charge in [0.25, 0.3) is 0 Å². The van der Waals surface area contributed by atoms with Gasteiger partial charge in [-0.05, 0) is 36.4 Å². The van der Waals surface area contributed by atoms with Crippen molar-refractivity contribution in [2.24, 2.45) is 0 Å². The molecule has 0 N–H and O–H groups in total. The molecular formula is C16H9ClF2N2. The fourth-order valence-corrected chi connectivity index (χ4v) is 2.13. The molecule has 0 saturated carbocycles. The average Bonchev–Trinajstić information content (AvgIpc) is 2.47. The SMILES string of the molecule is Fc1ccc(-c2cc(Cl)nc(-c3cccc(F)c3)n2)cc1. The Balaban J connectivity index is 2.10. The number of benzene rings is 2. The molecule has 21 heavy (non-hydrogen) atoms. The lowest BCUT2D eigenvalue weighted by Gasteiger charge is -2.06. The van der Waals surface area contributed by atoms with Crippen LogP contribution in [0, 0.1) is 11.6 Å². The van der Waals surface area contributed by atoms with Crippen molar-refractivity contribution in [2.45, 2.75) is 0 Å². The van der Waals surface area contributed by atoms with Crippen LogP contribution in [0.25, 0.3) is 22.6 Å². The second kappa shape index (κ2) is 5.58. The van der Waals surface area contributed by atoms with Gasteiger partial charge in [-0.2, -0.15) is 0 Å². The Morgan fingerprint density at radius 1 is 0.762 bits per heavy atom. The van der Waals surface area contributed by atoms with E-state index in [1.165, 1.54) is 24.3 Å². The summed E-state index contributed by atoms with van der Waals surface area (Å²) in [4.78, 5) is 8.46. The summed E-state index contributed by atoms with van der Waals surface area (Å²) in [6.07, 6.45) is 0. The zero-order valence-electron chi connectivity index (χ0n) is 10.7. The number of nitrogens with zero attached hydrogens (tertiary/aromatic N) is 2. The van der Waals surface area contributed by atoms with Gasteiger partial charge in [0.15, 0.2) is 5.82 Å². The summed E-state index contributed by atoms with van der Waals surface area (Å²) in [6, 6.07) is 13.4. The Morgan fingerprint density at radius 2 is 1.52 bits per heavy atom. The van der Waals surface area contributed by atoms with Crippen molar-refractivity contribution in [3.63, 3.8) is 0 Å². The summed E-state index contributed by atoms with van der Waals surface area (Å²) >= 11 is 6.00. The van der Waals surface area contributed by atoms with Crippen LogP contribution >= 0.6 is 11.6 Å². The van der Waals surface area contributed by atoms with Gasteiger partial charge in [-0.1, -0.05) is 23.7 Å². The molecule has 0 spiro atoms. The molecule has 0 saturated heterocycles. The van der Waals surface area contributed by atoms with E-state index in [9.17, 15) is 8.78 Å². The molecule has 0 amide bonds. The molecule has 0 fully saturated rings. The lowest BCUT2D eigenvalue weighted by Crippen LogP contribution is -1.93. The Kier molecular flexibility index (Phi) is 3.62. The van der Waals surface area contributed by atoms with E-state index in [0.29, 0.717) is 22.6 Å². The van der Waals surface area contributed by atoms with Crippen LogP contribution in [-0.4, -0.2) is 9.97 Å². The molecule has 2 nitrogen and oxygen atoms in total. The topological polar surface area (TPSA) is 25.8 Å². The molecule has 1 aromatic heterocycles. The van der Waals surface area contributed by atoms with Crippen molar-refractivity contribution in [1.29, 1.82) is 0 Å². The van der Waals surface area contributed by atoms with E-state index in [4.69, 9.17) is 11.6 Å². The monoisotopic (exact) mass is 302 g/mol. The first-order valence-electron chi connectivity index (χ1n) is 6.18. The van der Waals surface area contributed by atoms with Gasteiger partial charge in [-0.3, -0.25) is 0 Å². The third-order valence-electron chi connectivity index (χ3n) is 2.92. The molecule has 2 aromatic carbocycles. The summed E-state index contributed by atoms with van der Waals surface area (Å²) in [6.45, 7) is 0. The summed E-state index contributed by atoms with van der Waals surface area (Å²) in [5.41, 5.74) is 1.79. The van der Waals surface area contributed by atoms with Crippen LogP contribution in [0.2, 0.25) is 5.15 Å². The summed E-state index contributed by atoms with van der Waals surface area (Å²) in [7, 11) is 0. The van der Waals surface area contributed by atoms with Gasteiger partial charge >= 0.3 is 0 Å². The molecule has 3 aromatic rings. The average molecular weight is 303 g/mol. The Morgan fingerprint density at radius 3 is 2.24 bits per heavy atom. The molecule has 0 aliphatic rings. The molecule has 0 atom stereocenters. The maximum atomic E-state index is 13.3. The first-order valence-corrected chi connectivity index (χ1v) is 6.56. The number of rotatable bonds is 2. The third kappa shape index (κ3) is 3.06. The van der Waals surface area contributed by atoms with E-state index in [1.807, 2.05) is 0 Å². The zero-order chi connectivity index (χ0) is 14.8. The van der Waals surface area contributed by atoms with Crippen molar-refractivity contribution in [1.82, 2.24) is 9.97 Å². The standard InChI is InChI=1S/C16H9ClF2N2/c17-15-9-14(10-4-6-12(18)7-5-10)20-16(21-15)11-2-1-3-13(19)8-11/h1-9H. The Labute approximate surface area is 125 Å². The van der Waals surface area contributed by atoms with E-state index < -0.39 is 0 Å². The number of hydrogen-bond acceptors (Lipinski definition) is 2. The minimum Gasteiger partial charge on any atom is -0.228 e. The molecule has 0 radical (unpaired) electrons. The minimum absolute atomic E-state index is 0.239. The van der Waals surface area contributed by atoms with Gasteiger partial charge < -0.3 is 0 Å². The number of halogens is 3. The molecule has 0 bridgehead atoms. The maximum Gasteiger partial charge on any atom is 0.161 e. The number of aromatic nitrogens is 2. The second-order valence-corrected chi connectivity index (χ2v) is 4.80. The summed E-state index contributed by atoms with van der Waals surface area (Å²) in [5, 5.41) is 0.239. The lowest BCUT2D eigenvalue weighted by molar-refractivity contribution is 0.627. The zero-order valence-corrected chi connectivity index (χ0v) is 11.5. The highest BCUT2D eigenvalue weighted by Gasteiger charge is 2.08. The van der Waals surface area contributed by atoms with Crippen molar-refractivity contribution < 1.29 is 8.78 Å². The first-order chi connectivity index (χ1) is 10.1. The predicted molar refractivity (Wildman–Crippen MR) is 77.8 cm³/mol. The van der Waals surface area contributed by atoms with Crippen LogP contribution in [0.3, 0.4) is 0 Å². The summed E-state index contributed by atoms with van der Waals surface area (Å²) in [5.74, 6) is -0.384. The van der Waals surface area contributed by atoms with Crippen LogP contribution in [-0.2, 0) is 0 Å². The van der Waals surface area contributed by atoms with Crippen molar-refractivity contribution >= 4 is 11.6 Å². The third-order valence-corrected chi connectivity index (χ3v) is 3.11. The Hall–Kier alpha value is -2.33. The van der Waals surface area contributed by atoms with Crippen LogP contribution < -0.4 is 0 Å². The van der Waals surface area contributed by atoms with Crippen LogP contribution in [0.4, 0.5) is 8.78 Å². The van der Waals surface area contributed by atoms with Crippen molar-refractivity contribution in [3.05, 3.63) is 71.4 Å². The normalized spacial score (nSPS) is 10.6. The van der Waals surface area contributed by atoms with Gasteiger partial charge in [0.1, 0.15) is 16.8 Å². The molecule has 0 aliphatic carbocycles. The molecule has 0 unspecified atom stereocenters. The second-order valence-electron chi connectivity index (χ2n) is 4.42. The molecular weight excluding hydrogens is 294 g/mol. The highest BCUT2D eigenvalue weighted by atomic mass is 35.5. The molecule has 3 rings (SSSR count). The molecule has 104 valence electrons. The van der Waals surface area contributed by atoms with Gasteiger partial charge in [0.05, 0.1) is 5.69 Å². The van der Waals surface area contributed by atoms with E-state index in [1.54, 1.807) is 30.3 Å². The van der Waals surface area contributed by atoms with Crippen molar-refractivity contribution in [3.8, 4) is 22.6 Å². The maximum absolute atomic E-state index is 13.3. The van der Waals surface area contributed by atoms with Gasteiger partial charge in [-0.15, -0.1) is 0 Å². The molecule has 0 aliphatic heterocycles. The number of hydrogen-bond donors (Lipinski definition) is 0. The van der Waals surface area contributed by atoms with E-state index >= 15 is 0 Å². The van der Waals surface area contributed by atoms with Crippen LogP contribution in [0.1, 0.15) is 0 Å². The van der Waals surface area contributed by atoms with E-state index in [0.717, 1.165) is 0 Å². The van der Waals surface area contributed by atoms with Gasteiger partial charge in [0, 0.05) is 17.2 Å². The fraction of sp³-hybridized carbons (Fsp3) is 0. The van der Waals surface area contributed by atoms with Crippen LogP contribution in [0.5, 0.6) is 0 Å². The molecule has 5 heteroatoms. The van der Waals surface area contributed by atoms with E-state index in [2.05, 4.69) is 9.97 Å². The van der Waals surface area contributed by atoms with Crippen molar-refractivity contribution in [2.75, 3.05) is 0 Å².